The van der Waals surface area contributed by atoms with Gasteiger partial charge < -0.3 is 14.7 Å². The Bertz CT molecular complexity index is 1720. The Morgan fingerprint density at radius 1 is 0.946 bits per heavy atom. The molecule has 0 radical (unpaired) electrons. The van der Waals surface area contributed by atoms with Gasteiger partial charge in [-0.3, -0.25) is 29.1 Å². The number of rotatable bonds is 12. The van der Waals surface area contributed by atoms with E-state index in [1.807, 2.05) is 18.2 Å². The predicted octanol–water partition coefficient (Wildman–Crippen LogP) is 8.61. The maximum atomic E-state index is 14.7. The van der Waals surface area contributed by atoms with Crippen LogP contribution >= 0.6 is 0 Å². The van der Waals surface area contributed by atoms with Crippen LogP contribution in [0.5, 0.6) is 0 Å². The fourth-order valence-corrected chi connectivity index (χ4v) is 13.5. The smallest absolute Gasteiger partial charge is 0.309 e. The van der Waals surface area contributed by atoms with E-state index in [-0.39, 0.29) is 57.8 Å². The van der Waals surface area contributed by atoms with Crippen molar-refractivity contribution in [3.05, 3.63) is 41.2 Å². The normalized spacial score (nSPS) is 35.1. The summed E-state index contributed by atoms with van der Waals surface area (Å²) in [6.07, 6.45) is 10.6. The van der Waals surface area contributed by atoms with E-state index < -0.39 is 17.4 Å². The Balaban J connectivity index is 1.22. The maximum Gasteiger partial charge on any atom is 0.309 e. The van der Waals surface area contributed by atoms with Crippen LogP contribution in [-0.4, -0.2) is 76.8 Å². The summed E-state index contributed by atoms with van der Waals surface area (Å²) in [7, 11) is 3.59. The Labute approximate surface area is 336 Å². The highest BCUT2D eigenvalue weighted by Gasteiger charge is 2.69. The molecule has 4 fully saturated rings. The molecule has 6 rings (SSSR count). The lowest BCUT2D eigenvalue weighted by atomic mass is 9.33. The molecule has 1 unspecified atom stereocenters. The summed E-state index contributed by atoms with van der Waals surface area (Å²) in [4.78, 5) is 60.8. The molecular weight excluding hydrogens is 703 g/mol. The van der Waals surface area contributed by atoms with Gasteiger partial charge in [-0.05, 0) is 142 Å². The van der Waals surface area contributed by atoms with Gasteiger partial charge in [0.05, 0.1) is 24.1 Å². The number of ether oxygens (including phenoxy) is 1. The van der Waals surface area contributed by atoms with Crippen molar-refractivity contribution in [2.24, 2.45) is 62.6 Å². The molecule has 1 aromatic rings. The van der Waals surface area contributed by atoms with Gasteiger partial charge in [0, 0.05) is 38.2 Å². The van der Waals surface area contributed by atoms with Crippen LogP contribution in [0.15, 0.2) is 35.5 Å². The largest absolute Gasteiger partial charge is 0.481 e. The first kappa shape index (κ1) is 42.5. The topological polar surface area (TPSA) is 117 Å². The molecule has 1 aromatic heterocycles. The van der Waals surface area contributed by atoms with Crippen molar-refractivity contribution in [2.45, 2.75) is 139 Å². The number of amides is 1. The first-order valence-corrected chi connectivity index (χ1v) is 21.6. The van der Waals surface area contributed by atoms with E-state index >= 15 is 0 Å². The highest BCUT2D eigenvalue weighted by molar-refractivity contribution is 6.01. The van der Waals surface area contributed by atoms with Crippen molar-refractivity contribution in [1.82, 2.24) is 14.8 Å². The van der Waals surface area contributed by atoms with Gasteiger partial charge in [-0.2, -0.15) is 0 Å². The molecule has 0 aliphatic heterocycles. The highest BCUT2D eigenvalue weighted by Crippen LogP contribution is 2.75. The number of esters is 1. The second-order valence-electron chi connectivity index (χ2n) is 21.1. The van der Waals surface area contributed by atoms with E-state index in [0.29, 0.717) is 43.2 Å². The van der Waals surface area contributed by atoms with Crippen LogP contribution in [0.1, 0.15) is 132 Å². The molecule has 5 aliphatic rings. The highest BCUT2D eigenvalue weighted by atomic mass is 16.5. The van der Waals surface area contributed by atoms with E-state index in [0.717, 1.165) is 69.1 Å². The molecule has 1 N–H and O–H groups in total. The van der Waals surface area contributed by atoms with Crippen molar-refractivity contribution in [1.29, 1.82) is 0 Å². The van der Waals surface area contributed by atoms with Crippen LogP contribution in [0.3, 0.4) is 0 Å². The number of Topliss-reactive ketones (excluding diaryl/α,β-unsaturated/α-hetero) is 1. The van der Waals surface area contributed by atoms with Crippen molar-refractivity contribution < 1.29 is 29.0 Å². The number of carbonyl (C=O) groups is 4. The third-order valence-electron chi connectivity index (χ3n) is 16.7. The third-order valence-corrected chi connectivity index (χ3v) is 16.7. The summed E-state index contributed by atoms with van der Waals surface area (Å²) in [5, 5.41) is 9.63. The van der Waals surface area contributed by atoms with Gasteiger partial charge in [-0.15, -0.1) is 0 Å². The molecule has 9 atom stereocenters. The third kappa shape index (κ3) is 7.19. The fourth-order valence-electron chi connectivity index (χ4n) is 13.5. The maximum absolute atomic E-state index is 14.7. The number of allylic oxidation sites excluding steroid dienone is 2. The Kier molecular flexibility index (Phi) is 11.6. The molecule has 0 spiro atoms. The number of carbonyl (C=O) groups excluding carboxylic acids is 3. The Hall–Kier alpha value is -3.07. The lowest BCUT2D eigenvalue weighted by molar-refractivity contribution is -0.232. The van der Waals surface area contributed by atoms with Crippen molar-refractivity contribution in [2.75, 3.05) is 27.2 Å². The second-order valence-corrected chi connectivity index (χ2v) is 21.1. The molecule has 0 aromatic carbocycles. The van der Waals surface area contributed by atoms with Crippen molar-refractivity contribution in [3.8, 4) is 0 Å². The monoisotopic (exact) mass is 774 g/mol. The number of hydrogen-bond acceptors (Lipinski definition) is 7. The van der Waals surface area contributed by atoms with Crippen LogP contribution in [-0.2, 0) is 30.5 Å². The number of pyridine rings is 1. The number of carboxylic acids is 1. The van der Waals surface area contributed by atoms with Crippen LogP contribution in [0.4, 0.5) is 0 Å². The lowest BCUT2D eigenvalue weighted by Gasteiger charge is -2.71. The van der Waals surface area contributed by atoms with E-state index in [1.165, 1.54) is 5.57 Å². The number of carboxylic acid groups (broad SMARTS) is 1. The summed E-state index contributed by atoms with van der Waals surface area (Å²) >= 11 is 0. The number of hydrogen-bond donors (Lipinski definition) is 1. The number of fused-ring (bicyclic) bond motifs is 7. The van der Waals surface area contributed by atoms with Gasteiger partial charge >= 0.3 is 11.9 Å². The molecular formula is C47H71N3O6. The first-order chi connectivity index (χ1) is 26.1. The van der Waals surface area contributed by atoms with Gasteiger partial charge in [0.2, 0.25) is 5.91 Å². The van der Waals surface area contributed by atoms with Gasteiger partial charge in [-0.25, -0.2) is 0 Å². The van der Waals surface area contributed by atoms with Crippen molar-refractivity contribution in [3.63, 3.8) is 0 Å². The summed E-state index contributed by atoms with van der Waals surface area (Å²) in [5.74, 6) is 0.699. The molecule has 9 heteroatoms. The predicted molar refractivity (Wildman–Crippen MR) is 218 cm³/mol. The van der Waals surface area contributed by atoms with E-state index in [2.05, 4.69) is 58.4 Å². The number of nitrogens with zero attached hydrogens (tertiary/aromatic N) is 3. The zero-order valence-electron chi connectivity index (χ0n) is 36.4. The van der Waals surface area contributed by atoms with Crippen molar-refractivity contribution >= 4 is 23.6 Å². The summed E-state index contributed by atoms with van der Waals surface area (Å²) in [6, 6.07) is 5.90. The minimum atomic E-state index is -1.16. The van der Waals surface area contributed by atoms with E-state index in [9.17, 15) is 24.3 Å². The fraction of sp³-hybridized carbons (Fsp3) is 0.766. The minimum absolute atomic E-state index is 0.0497. The molecule has 0 saturated heterocycles. The average molecular weight is 774 g/mol. The molecule has 4 saturated carbocycles. The Morgan fingerprint density at radius 2 is 1.64 bits per heavy atom. The van der Waals surface area contributed by atoms with E-state index in [4.69, 9.17) is 4.74 Å². The molecule has 0 bridgehead atoms. The zero-order valence-corrected chi connectivity index (χ0v) is 36.4. The molecule has 9 nitrogen and oxygen atoms in total. The Morgan fingerprint density at radius 3 is 2.27 bits per heavy atom. The zero-order chi connectivity index (χ0) is 41.2. The molecule has 1 heterocycles. The van der Waals surface area contributed by atoms with Gasteiger partial charge in [0.15, 0.2) is 5.78 Å². The molecule has 5 aliphatic carbocycles. The number of ketones is 1. The van der Waals surface area contributed by atoms with Crippen LogP contribution < -0.4 is 0 Å². The number of likely N-dealkylation sites (N-methyl/N-ethyl adjacent to an activating group) is 1. The lowest BCUT2D eigenvalue weighted by Crippen LogP contribution is -2.65. The summed E-state index contributed by atoms with van der Waals surface area (Å²) < 4.78 is 6.18. The number of aliphatic carboxylic acids is 1. The molecule has 56 heavy (non-hydrogen) atoms. The van der Waals surface area contributed by atoms with Gasteiger partial charge in [0.1, 0.15) is 6.10 Å². The average Bonchev–Trinajstić information content (AvgIpc) is 3.39. The van der Waals surface area contributed by atoms with Crippen LogP contribution in [0.2, 0.25) is 0 Å². The van der Waals surface area contributed by atoms with Crippen LogP contribution in [0, 0.1) is 62.6 Å². The van der Waals surface area contributed by atoms with Gasteiger partial charge in [-0.1, -0.05) is 60.1 Å². The number of aromatic nitrogens is 1. The first-order valence-electron chi connectivity index (χ1n) is 21.6. The molecule has 1 amide bonds. The standard InChI is InChI=1S/C47H71N3O6/c1-29(2)39-40-31(32(41(39)53)20-25-50(28-37(51)49(10)11)27-30-14-12-13-24-48-30)17-22-46(8)33(40)15-16-35-45(7)21-19-36(56-38(52)26-43(3,4)42(54)55)44(5,6)34(45)18-23-47(35,46)9/h12-14,24,29,31-36H,15-23,25-28H2,1-11H3,(H,54,55)/t31?,32-,33+,34-,35+,36-,45-,46+,47+/m0/s1. The minimum Gasteiger partial charge on any atom is -0.481 e. The summed E-state index contributed by atoms with van der Waals surface area (Å²) in [6.45, 7) is 21.4. The second kappa shape index (κ2) is 15.3. The van der Waals surface area contributed by atoms with E-state index in [1.54, 1.807) is 39.0 Å². The van der Waals surface area contributed by atoms with Gasteiger partial charge in [0.25, 0.3) is 0 Å². The summed E-state index contributed by atoms with van der Waals surface area (Å²) in [5.41, 5.74) is 2.40. The quantitative estimate of drug-likeness (QED) is 0.210. The molecule has 310 valence electrons. The SMILES string of the molecule is CC(C)C1=C2C(CC[C@]3(C)[C@@H]2CC[C@@H]2[C@@]4(C)CC[C@H](OC(=O)CC(C)(C)C(=O)O)C(C)(C)[C@@H]4CC[C@]23C)[C@H](CCN(CC(=O)N(C)C)Cc2ccccn2)C1=O. The van der Waals surface area contributed by atoms with Crippen LogP contribution in [0.25, 0.3) is 0 Å².